The van der Waals surface area contributed by atoms with Crippen molar-refractivity contribution in [3.8, 4) is 6.07 Å². The minimum atomic E-state index is -0.542. The van der Waals surface area contributed by atoms with Crippen LogP contribution in [0, 0.1) is 16.7 Å². The van der Waals surface area contributed by atoms with Gasteiger partial charge in [-0.3, -0.25) is 4.79 Å². The van der Waals surface area contributed by atoms with Crippen LogP contribution < -0.4 is 5.32 Å². The van der Waals surface area contributed by atoms with E-state index >= 15 is 0 Å². The van der Waals surface area contributed by atoms with Crippen molar-refractivity contribution in [2.24, 2.45) is 5.41 Å². The largest absolute Gasteiger partial charge is 0.466 e. The third-order valence-corrected chi connectivity index (χ3v) is 2.12. The van der Waals surface area contributed by atoms with Gasteiger partial charge in [0.25, 0.3) is 0 Å². The Kier molecular flexibility index (Phi) is 5.95. The number of hydrogen-bond donors (Lipinski definition) is 1. The van der Waals surface area contributed by atoms with Crippen molar-refractivity contribution in [3.05, 3.63) is 0 Å². The molecule has 1 atom stereocenters. The van der Waals surface area contributed by atoms with Crippen LogP contribution in [0.25, 0.3) is 0 Å². The molecule has 0 rings (SSSR count). The summed E-state index contributed by atoms with van der Waals surface area (Å²) in [6.07, 6.45) is 0.443. The highest BCUT2D eigenvalue weighted by Crippen LogP contribution is 2.16. The number of carbonyl (C=O) groups excluding carboxylic acids is 1. The summed E-state index contributed by atoms with van der Waals surface area (Å²) < 4.78 is 4.95. The first-order valence-corrected chi connectivity index (χ1v) is 5.21. The van der Waals surface area contributed by atoms with E-state index in [2.05, 4.69) is 11.4 Å². The maximum Gasteiger partial charge on any atom is 0.312 e. The molecule has 1 N–H and O–H groups in total. The molecule has 0 heterocycles. The zero-order valence-corrected chi connectivity index (χ0v) is 9.96. The van der Waals surface area contributed by atoms with Crippen LogP contribution in [0.5, 0.6) is 0 Å². The minimum Gasteiger partial charge on any atom is -0.466 e. The van der Waals surface area contributed by atoms with Gasteiger partial charge in [-0.2, -0.15) is 5.26 Å². The van der Waals surface area contributed by atoms with E-state index in [9.17, 15) is 4.79 Å². The fourth-order valence-electron chi connectivity index (χ4n) is 1.04. The van der Waals surface area contributed by atoms with E-state index in [-0.39, 0.29) is 12.0 Å². The first-order valence-electron chi connectivity index (χ1n) is 5.21. The van der Waals surface area contributed by atoms with E-state index in [1.807, 2.05) is 20.8 Å². The number of esters is 1. The van der Waals surface area contributed by atoms with Crippen molar-refractivity contribution in [3.63, 3.8) is 0 Å². The van der Waals surface area contributed by atoms with Crippen molar-refractivity contribution >= 4 is 5.97 Å². The van der Waals surface area contributed by atoms with Crippen molar-refractivity contribution in [2.75, 3.05) is 13.2 Å². The van der Waals surface area contributed by atoms with Crippen molar-refractivity contribution in [1.82, 2.24) is 5.32 Å². The van der Waals surface area contributed by atoms with Crippen LogP contribution in [-0.2, 0) is 9.53 Å². The number of carbonyl (C=O) groups is 1. The second-order valence-corrected chi connectivity index (χ2v) is 4.25. The Labute approximate surface area is 91.6 Å². The van der Waals surface area contributed by atoms with Gasteiger partial charge >= 0.3 is 5.97 Å². The fraction of sp³-hybridized carbons (Fsp3) is 0.818. The first-order chi connectivity index (χ1) is 6.94. The minimum absolute atomic E-state index is 0.101. The number of rotatable bonds is 6. The van der Waals surface area contributed by atoms with E-state index in [4.69, 9.17) is 10.00 Å². The molecule has 0 bridgehead atoms. The number of ether oxygens (including phenoxy) is 1. The molecular weight excluding hydrogens is 192 g/mol. The van der Waals surface area contributed by atoms with Crippen LogP contribution in [-0.4, -0.2) is 25.2 Å². The van der Waals surface area contributed by atoms with Gasteiger partial charge in [-0.25, -0.2) is 0 Å². The second kappa shape index (κ2) is 6.41. The summed E-state index contributed by atoms with van der Waals surface area (Å²) in [5.41, 5.74) is -0.542. The van der Waals surface area contributed by atoms with Gasteiger partial charge in [-0.1, -0.05) is 0 Å². The predicted molar refractivity (Wildman–Crippen MR) is 58.1 cm³/mol. The number of nitrogens with one attached hydrogen (secondary N) is 1. The molecule has 0 radical (unpaired) electrons. The predicted octanol–water partition coefficient (Wildman–Crippen LogP) is 1.47. The second-order valence-electron chi connectivity index (χ2n) is 4.25. The summed E-state index contributed by atoms with van der Waals surface area (Å²) in [6.45, 7) is 8.29. The number of hydrogen-bond acceptors (Lipinski definition) is 4. The monoisotopic (exact) mass is 212 g/mol. The summed E-state index contributed by atoms with van der Waals surface area (Å²) in [5.74, 6) is -0.207. The molecule has 15 heavy (non-hydrogen) atoms. The van der Waals surface area contributed by atoms with Gasteiger partial charge < -0.3 is 10.1 Å². The Balaban J connectivity index is 4.04. The zero-order chi connectivity index (χ0) is 11.9. The van der Waals surface area contributed by atoms with Gasteiger partial charge in [0, 0.05) is 12.6 Å². The molecule has 86 valence electrons. The highest BCUT2D eigenvalue weighted by atomic mass is 16.5. The van der Waals surface area contributed by atoms with E-state index in [1.165, 1.54) is 0 Å². The van der Waals surface area contributed by atoms with E-state index in [0.29, 0.717) is 19.6 Å². The highest BCUT2D eigenvalue weighted by Gasteiger charge is 2.29. The number of nitriles is 1. The summed E-state index contributed by atoms with van der Waals surface area (Å²) >= 11 is 0. The Bertz CT molecular complexity index is 243. The molecule has 0 aliphatic rings. The molecule has 0 fully saturated rings. The molecule has 0 aliphatic carbocycles. The molecule has 0 amide bonds. The lowest BCUT2D eigenvalue weighted by Gasteiger charge is -2.24. The lowest BCUT2D eigenvalue weighted by atomic mass is 9.93. The van der Waals surface area contributed by atoms with Crippen LogP contribution in [0.2, 0.25) is 0 Å². The topological polar surface area (TPSA) is 62.1 Å². The third kappa shape index (κ3) is 5.38. The summed E-state index contributed by atoms with van der Waals surface area (Å²) in [5, 5.41) is 11.6. The molecule has 0 aromatic rings. The highest BCUT2D eigenvalue weighted by molar-refractivity contribution is 5.76. The average molecular weight is 212 g/mol. The van der Waals surface area contributed by atoms with Gasteiger partial charge in [0.2, 0.25) is 0 Å². The van der Waals surface area contributed by atoms with Gasteiger partial charge in [-0.15, -0.1) is 0 Å². The summed E-state index contributed by atoms with van der Waals surface area (Å²) in [7, 11) is 0. The Hall–Kier alpha value is -1.08. The Morgan fingerprint density at radius 2 is 2.20 bits per heavy atom. The molecule has 0 aromatic heterocycles. The lowest BCUT2D eigenvalue weighted by Crippen LogP contribution is -2.40. The van der Waals surface area contributed by atoms with Gasteiger partial charge in [0.1, 0.15) is 0 Å². The van der Waals surface area contributed by atoms with Gasteiger partial charge in [0.05, 0.1) is 24.5 Å². The molecule has 4 heteroatoms. The lowest BCUT2D eigenvalue weighted by molar-refractivity contribution is -0.153. The Morgan fingerprint density at radius 3 is 2.67 bits per heavy atom. The fourth-order valence-corrected chi connectivity index (χ4v) is 1.04. The Morgan fingerprint density at radius 1 is 1.60 bits per heavy atom. The molecule has 4 nitrogen and oxygen atoms in total. The standard InChI is InChI=1S/C11H20N2O2/c1-5-15-10(14)11(3,4)8-13-9(2)6-7-12/h9,13H,5-6,8H2,1-4H3/t9-/m0/s1. The molecular formula is C11H20N2O2. The van der Waals surface area contributed by atoms with Crippen LogP contribution in [0.3, 0.4) is 0 Å². The van der Waals surface area contributed by atoms with Crippen molar-refractivity contribution in [2.45, 2.75) is 40.2 Å². The van der Waals surface area contributed by atoms with Crippen molar-refractivity contribution in [1.29, 1.82) is 5.26 Å². The van der Waals surface area contributed by atoms with E-state index in [0.717, 1.165) is 0 Å². The summed E-state index contributed by atoms with van der Waals surface area (Å²) in [6, 6.07) is 2.18. The van der Waals surface area contributed by atoms with Gasteiger partial charge in [-0.05, 0) is 27.7 Å². The molecule has 0 saturated carbocycles. The van der Waals surface area contributed by atoms with Gasteiger partial charge in [0.15, 0.2) is 0 Å². The van der Waals surface area contributed by atoms with Crippen LogP contribution in [0.15, 0.2) is 0 Å². The van der Waals surface area contributed by atoms with Crippen LogP contribution in [0.1, 0.15) is 34.1 Å². The normalized spacial score (nSPS) is 13.0. The quantitative estimate of drug-likeness (QED) is 0.677. The molecule has 0 aromatic carbocycles. The molecule has 0 saturated heterocycles. The molecule has 0 unspecified atom stereocenters. The first kappa shape index (κ1) is 13.9. The summed E-state index contributed by atoms with van der Waals surface area (Å²) in [4.78, 5) is 11.5. The van der Waals surface area contributed by atoms with Crippen LogP contribution in [0.4, 0.5) is 0 Å². The van der Waals surface area contributed by atoms with E-state index in [1.54, 1.807) is 6.92 Å². The maximum absolute atomic E-state index is 11.5. The smallest absolute Gasteiger partial charge is 0.312 e. The SMILES string of the molecule is CCOC(=O)C(C)(C)CN[C@@H](C)CC#N. The van der Waals surface area contributed by atoms with Crippen LogP contribution >= 0.6 is 0 Å². The number of nitrogens with zero attached hydrogens (tertiary/aromatic N) is 1. The van der Waals surface area contributed by atoms with E-state index < -0.39 is 5.41 Å². The zero-order valence-electron chi connectivity index (χ0n) is 9.96. The molecule has 0 aliphatic heterocycles. The third-order valence-electron chi connectivity index (χ3n) is 2.12. The average Bonchev–Trinajstić information content (AvgIpc) is 2.16. The molecule has 0 spiro atoms. The van der Waals surface area contributed by atoms with Crippen molar-refractivity contribution < 1.29 is 9.53 Å². The maximum atomic E-state index is 11.5.